The Labute approximate surface area is 143 Å². The second-order valence-corrected chi connectivity index (χ2v) is 5.71. The van der Waals surface area contributed by atoms with Crippen LogP contribution in [0.3, 0.4) is 0 Å². The average Bonchev–Trinajstić information content (AvgIpc) is 2.59. The minimum absolute atomic E-state index is 0.144. The molecule has 0 heterocycles. The van der Waals surface area contributed by atoms with E-state index in [1.54, 1.807) is 7.11 Å². The first-order chi connectivity index (χ1) is 11.2. The van der Waals surface area contributed by atoms with E-state index in [1.807, 2.05) is 36.3 Å². The molecule has 124 valence electrons. The molecule has 1 unspecified atom stereocenters. The molecular formula is C19H24ClNO2. The van der Waals surface area contributed by atoms with Gasteiger partial charge in [0.15, 0.2) is 0 Å². The molecule has 23 heavy (non-hydrogen) atoms. The number of likely N-dealkylation sites (N-methyl/N-ethyl adjacent to an activating group) is 1. The van der Waals surface area contributed by atoms with E-state index in [9.17, 15) is 0 Å². The standard InChI is InChI=1S/C19H24ClNO2/c1-4-21(23-5-2)19(16-8-10-17(20)11-9-16)14-15-6-12-18(22-3)13-7-15/h6-13,19H,4-5,14H2,1-3H3. The fraction of sp³-hybridized carbons (Fsp3) is 0.368. The lowest BCUT2D eigenvalue weighted by atomic mass is 9.98. The van der Waals surface area contributed by atoms with E-state index in [0.29, 0.717) is 6.61 Å². The Morgan fingerprint density at radius 2 is 1.65 bits per heavy atom. The van der Waals surface area contributed by atoms with Crippen LogP contribution in [0, 0.1) is 0 Å². The van der Waals surface area contributed by atoms with Crippen LogP contribution in [0.15, 0.2) is 48.5 Å². The summed E-state index contributed by atoms with van der Waals surface area (Å²) < 4.78 is 5.23. The van der Waals surface area contributed by atoms with Crippen molar-refractivity contribution in [2.75, 3.05) is 20.3 Å². The van der Waals surface area contributed by atoms with Gasteiger partial charge in [0.2, 0.25) is 0 Å². The number of halogens is 1. The van der Waals surface area contributed by atoms with Gasteiger partial charge in [0.25, 0.3) is 0 Å². The van der Waals surface area contributed by atoms with Crippen LogP contribution in [0.2, 0.25) is 5.02 Å². The second kappa shape index (κ2) is 8.92. The third kappa shape index (κ3) is 4.96. The Morgan fingerprint density at radius 1 is 1.00 bits per heavy atom. The molecule has 4 heteroatoms. The molecule has 3 nitrogen and oxygen atoms in total. The molecular weight excluding hydrogens is 310 g/mol. The Morgan fingerprint density at radius 3 is 2.17 bits per heavy atom. The highest BCUT2D eigenvalue weighted by Gasteiger charge is 2.20. The highest BCUT2D eigenvalue weighted by Crippen LogP contribution is 2.27. The molecule has 2 aromatic carbocycles. The number of ether oxygens (including phenoxy) is 1. The lowest BCUT2D eigenvalue weighted by Gasteiger charge is -2.30. The largest absolute Gasteiger partial charge is 0.497 e. The maximum absolute atomic E-state index is 6.03. The summed E-state index contributed by atoms with van der Waals surface area (Å²) in [6.07, 6.45) is 0.861. The van der Waals surface area contributed by atoms with Crippen LogP contribution in [0.25, 0.3) is 0 Å². The van der Waals surface area contributed by atoms with Gasteiger partial charge in [-0.2, -0.15) is 5.06 Å². The Kier molecular flexibility index (Phi) is 6.90. The van der Waals surface area contributed by atoms with Gasteiger partial charge in [-0.1, -0.05) is 42.8 Å². The van der Waals surface area contributed by atoms with Gasteiger partial charge in [-0.25, -0.2) is 0 Å². The quantitative estimate of drug-likeness (QED) is 0.641. The Bertz CT molecular complexity index is 583. The molecule has 0 N–H and O–H groups in total. The topological polar surface area (TPSA) is 21.7 Å². The van der Waals surface area contributed by atoms with Gasteiger partial charge >= 0.3 is 0 Å². The van der Waals surface area contributed by atoms with Crippen LogP contribution < -0.4 is 4.74 Å². The SMILES string of the molecule is CCON(CC)C(Cc1ccc(OC)cc1)c1ccc(Cl)cc1. The second-order valence-electron chi connectivity index (χ2n) is 5.27. The van der Waals surface area contributed by atoms with Crippen molar-refractivity contribution in [3.05, 3.63) is 64.7 Å². The number of hydroxylamine groups is 2. The average molecular weight is 334 g/mol. The van der Waals surface area contributed by atoms with E-state index in [4.69, 9.17) is 21.2 Å². The van der Waals surface area contributed by atoms with E-state index in [0.717, 1.165) is 23.7 Å². The first-order valence-corrected chi connectivity index (χ1v) is 8.33. The van der Waals surface area contributed by atoms with Crippen LogP contribution in [0.1, 0.15) is 31.0 Å². The number of rotatable bonds is 8. The monoisotopic (exact) mass is 333 g/mol. The predicted octanol–water partition coefficient (Wildman–Crippen LogP) is 4.91. The zero-order chi connectivity index (χ0) is 16.7. The van der Waals surface area contributed by atoms with Gasteiger partial charge in [0, 0.05) is 11.6 Å². The molecule has 0 amide bonds. The van der Waals surface area contributed by atoms with Crippen LogP contribution in [0.4, 0.5) is 0 Å². The van der Waals surface area contributed by atoms with Crippen LogP contribution in [-0.4, -0.2) is 25.3 Å². The number of hydrogen-bond acceptors (Lipinski definition) is 3. The van der Waals surface area contributed by atoms with Crippen molar-refractivity contribution in [1.82, 2.24) is 5.06 Å². The van der Waals surface area contributed by atoms with Gasteiger partial charge in [-0.3, -0.25) is 4.84 Å². The highest BCUT2D eigenvalue weighted by molar-refractivity contribution is 6.30. The fourth-order valence-corrected chi connectivity index (χ4v) is 2.75. The number of nitrogens with zero attached hydrogens (tertiary/aromatic N) is 1. The van der Waals surface area contributed by atoms with Crippen molar-refractivity contribution < 1.29 is 9.57 Å². The molecule has 0 fully saturated rings. The summed E-state index contributed by atoms with van der Waals surface area (Å²) in [6.45, 7) is 5.58. The lowest BCUT2D eigenvalue weighted by Crippen LogP contribution is -2.30. The summed E-state index contributed by atoms with van der Waals surface area (Å²) in [5, 5.41) is 2.78. The van der Waals surface area contributed by atoms with Crippen LogP contribution in [-0.2, 0) is 11.3 Å². The summed E-state index contributed by atoms with van der Waals surface area (Å²) in [5.41, 5.74) is 2.43. The van der Waals surface area contributed by atoms with Crippen molar-refractivity contribution in [2.24, 2.45) is 0 Å². The molecule has 2 aromatic rings. The molecule has 0 saturated heterocycles. The zero-order valence-electron chi connectivity index (χ0n) is 14.0. The summed E-state index contributed by atoms with van der Waals surface area (Å²) in [4.78, 5) is 5.83. The van der Waals surface area contributed by atoms with Gasteiger partial charge in [0.05, 0.1) is 19.8 Å². The molecule has 0 aliphatic rings. The van der Waals surface area contributed by atoms with Crippen molar-refractivity contribution in [3.63, 3.8) is 0 Å². The minimum Gasteiger partial charge on any atom is -0.497 e. The highest BCUT2D eigenvalue weighted by atomic mass is 35.5. The third-order valence-corrected chi connectivity index (χ3v) is 4.05. The van der Waals surface area contributed by atoms with E-state index in [-0.39, 0.29) is 6.04 Å². The zero-order valence-corrected chi connectivity index (χ0v) is 14.7. The van der Waals surface area contributed by atoms with E-state index >= 15 is 0 Å². The minimum atomic E-state index is 0.144. The third-order valence-electron chi connectivity index (χ3n) is 3.80. The van der Waals surface area contributed by atoms with E-state index in [2.05, 4.69) is 31.2 Å². The van der Waals surface area contributed by atoms with Gasteiger partial charge < -0.3 is 4.74 Å². The maximum Gasteiger partial charge on any atom is 0.118 e. The van der Waals surface area contributed by atoms with E-state index in [1.165, 1.54) is 11.1 Å². The normalized spacial score (nSPS) is 12.4. The number of benzene rings is 2. The molecule has 0 radical (unpaired) electrons. The number of methoxy groups -OCH3 is 1. The van der Waals surface area contributed by atoms with Gasteiger partial charge in [0.1, 0.15) is 5.75 Å². The summed E-state index contributed by atoms with van der Waals surface area (Å²) in [6, 6.07) is 16.3. The molecule has 1 atom stereocenters. The fourth-order valence-electron chi connectivity index (χ4n) is 2.62. The molecule has 0 saturated carbocycles. The molecule has 0 aromatic heterocycles. The Hall–Kier alpha value is -1.55. The number of hydrogen-bond donors (Lipinski definition) is 0. The molecule has 0 aliphatic heterocycles. The van der Waals surface area contributed by atoms with Gasteiger partial charge in [-0.15, -0.1) is 0 Å². The van der Waals surface area contributed by atoms with Crippen molar-refractivity contribution in [3.8, 4) is 5.75 Å². The summed E-state index contributed by atoms with van der Waals surface area (Å²) >= 11 is 6.03. The molecule has 2 rings (SSSR count). The first-order valence-electron chi connectivity index (χ1n) is 7.95. The molecule has 0 bridgehead atoms. The van der Waals surface area contributed by atoms with Crippen LogP contribution in [0.5, 0.6) is 5.75 Å². The van der Waals surface area contributed by atoms with Crippen molar-refractivity contribution in [2.45, 2.75) is 26.3 Å². The Balaban J connectivity index is 2.25. The van der Waals surface area contributed by atoms with Crippen LogP contribution >= 0.6 is 11.6 Å². The maximum atomic E-state index is 6.03. The smallest absolute Gasteiger partial charge is 0.118 e. The lowest BCUT2D eigenvalue weighted by molar-refractivity contribution is -0.181. The van der Waals surface area contributed by atoms with Gasteiger partial charge in [-0.05, 0) is 48.7 Å². The van der Waals surface area contributed by atoms with E-state index < -0.39 is 0 Å². The van der Waals surface area contributed by atoms with Crippen molar-refractivity contribution in [1.29, 1.82) is 0 Å². The first kappa shape index (κ1) is 17.8. The molecule has 0 spiro atoms. The molecule has 0 aliphatic carbocycles. The van der Waals surface area contributed by atoms with Crippen molar-refractivity contribution >= 4 is 11.6 Å². The summed E-state index contributed by atoms with van der Waals surface area (Å²) in [5.74, 6) is 0.869. The summed E-state index contributed by atoms with van der Waals surface area (Å²) in [7, 11) is 1.68. The predicted molar refractivity (Wildman–Crippen MR) is 94.9 cm³/mol.